The highest BCUT2D eigenvalue weighted by atomic mass is 16.5. The molecule has 2 aliphatic rings. The number of para-hydroxylation sites is 1. The quantitative estimate of drug-likeness (QED) is 0.480. The molecule has 0 saturated heterocycles. The number of ether oxygens (including phenoxy) is 1. The first kappa shape index (κ1) is 31.7. The lowest BCUT2D eigenvalue weighted by atomic mass is 9.79. The number of amides is 1. The fraction of sp³-hybridized carbons (Fsp3) is 0.567. The Morgan fingerprint density at radius 2 is 1.62 bits per heavy atom. The summed E-state index contributed by atoms with van der Waals surface area (Å²) in [6.07, 6.45) is 3.17. The van der Waals surface area contributed by atoms with Gasteiger partial charge in [0.25, 0.3) is 0 Å². The van der Waals surface area contributed by atoms with Gasteiger partial charge in [0.05, 0.1) is 5.92 Å². The van der Waals surface area contributed by atoms with Crippen LogP contribution in [0, 0.1) is 25.7 Å². The van der Waals surface area contributed by atoms with Crippen LogP contribution in [0.5, 0.6) is 11.5 Å². The summed E-state index contributed by atoms with van der Waals surface area (Å²) in [5, 5.41) is 3.37. The van der Waals surface area contributed by atoms with Crippen LogP contribution in [0.3, 0.4) is 0 Å². The van der Waals surface area contributed by atoms with E-state index in [-0.39, 0.29) is 34.1 Å². The predicted molar refractivity (Wildman–Crippen MR) is 148 cm³/mol. The minimum Gasteiger partial charge on any atom is -0.456 e. The summed E-state index contributed by atoms with van der Waals surface area (Å²) in [5.74, 6) is 2.99. The summed E-state index contributed by atoms with van der Waals surface area (Å²) in [6, 6.07) is 13.6. The lowest BCUT2D eigenvalue weighted by molar-refractivity contribution is -0.122. The molecule has 2 aromatic rings. The number of nitrogens with one attached hydrogen (secondary N) is 1. The second kappa shape index (κ2) is 13.5. The van der Waals surface area contributed by atoms with Gasteiger partial charge >= 0.3 is 0 Å². The SMILES string of the molecule is C.C.C.CC(C)N[C@H]1CCC[C@H]1C(N)=O.Cc1ccc2c(c1C)Oc1ccccc1C2C(C)C. The molecule has 1 saturated carbocycles. The highest BCUT2D eigenvalue weighted by Gasteiger charge is 2.32. The molecule has 1 unspecified atom stereocenters. The second-order valence-electron chi connectivity index (χ2n) is 9.66. The van der Waals surface area contributed by atoms with Gasteiger partial charge < -0.3 is 15.8 Å². The van der Waals surface area contributed by atoms with Crippen molar-refractivity contribution in [2.45, 2.75) is 101 Å². The van der Waals surface area contributed by atoms with Crippen LogP contribution in [0.15, 0.2) is 36.4 Å². The van der Waals surface area contributed by atoms with Crippen LogP contribution in [0.1, 0.15) is 97.4 Å². The first-order chi connectivity index (χ1) is 14.7. The number of hydrogen-bond acceptors (Lipinski definition) is 3. The zero-order chi connectivity index (χ0) is 22.7. The van der Waals surface area contributed by atoms with Crippen molar-refractivity contribution in [3.05, 3.63) is 58.7 Å². The third-order valence-electron chi connectivity index (χ3n) is 6.60. The fourth-order valence-corrected chi connectivity index (χ4v) is 4.95. The minimum absolute atomic E-state index is 0. The van der Waals surface area contributed by atoms with Gasteiger partial charge in [-0.1, -0.05) is 86.7 Å². The Morgan fingerprint density at radius 1 is 0.971 bits per heavy atom. The first-order valence-electron chi connectivity index (χ1n) is 11.6. The van der Waals surface area contributed by atoms with Gasteiger partial charge in [0.1, 0.15) is 11.5 Å². The van der Waals surface area contributed by atoms with Crippen molar-refractivity contribution in [2.75, 3.05) is 0 Å². The number of fused-ring (bicyclic) bond motifs is 2. The molecule has 1 amide bonds. The van der Waals surface area contributed by atoms with Crippen LogP contribution < -0.4 is 15.8 Å². The molecular formula is C30H50N2O2. The van der Waals surface area contributed by atoms with Gasteiger partial charge in [-0.05, 0) is 49.8 Å². The number of hydrogen-bond donors (Lipinski definition) is 2. The van der Waals surface area contributed by atoms with E-state index in [2.05, 4.69) is 77.2 Å². The van der Waals surface area contributed by atoms with E-state index in [0.29, 0.717) is 23.9 Å². The molecule has 4 nitrogen and oxygen atoms in total. The molecule has 1 aliphatic carbocycles. The van der Waals surface area contributed by atoms with E-state index in [9.17, 15) is 4.79 Å². The Balaban J connectivity index is 0.000000642. The fourth-order valence-electron chi connectivity index (χ4n) is 4.95. The van der Waals surface area contributed by atoms with Gasteiger partial charge in [-0.2, -0.15) is 0 Å². The number of carbonyl (C=O) groups is 1. The summed E-state index contributed by atoms with van der Waals surface area (Å²) in [5.41, 5.74) is 10.5. The number of aryl methyl sites for hydroxylation is 1. The molecule has 34 heavy (non-hydrogen) atoms. The highest BCUT2D eigenvalue weighted by molar-refractivity contribution is 5.77. The van der Waals surface area contributed by atoms with Crippen molar-refractivity contribution in [1.29, 1.82) is 0 Å². The average Bonchev–Trinajstić information content (AvgIpc) is 3.17. The van der Waals surface area contributed by atoms with Crippen molar-refractivity contribution in [3.8, 4) is 11.5 Å². The number of benzene rings is 2. The average molecular weight is 471 g/mol. The maximum absolute atomic E-state index is 11.0. The summed E-state index contributed by atoms with van der Waals surface area (Å²) in [6.45, 7) is 13.0. The second-order valence-corrected chi connectivity index (χ2v) is 9.66. The molecule has 4 heteroatoms. The topological polar surface area (TPSA) is 64.3 Å². The maximum Gasteiger partial charge on any atom is 0.222 e. The van der Waals surface area contributed by atoms with Crippen molar-refractivity contribution in [3.63, 3.8) is 0 Å². The van der Waals surface area contributed by atoms with Crippen molar-refractivity contribution < 1.29 is 9.53 Å². The van der Waals surface area contributed by atoms with E-state index in [4.69, 9.17) is 10.5 Å². The van der Waals surface area contributed by atoms with E-state index in [0.717, 1.165) is 30.8 Å². The van der Waals surface area contributed by atoms with Crippen LogP contribution in [-0.2, 0) is 4.79 Å². The van der Waals surface area contributed by atoms with E-state index < -0.39 is 0 Å². The highest BCUT2D eigenvalue weighted by Crippen LogP contribution is 2.48. The molecule has 3 N–H and O–H groups in total. The number of primary amides is 1. The first-order valence-corrected chi connectivity index (χ1v) is 11.6. The van der Waals surface area contributed by atoms with Crippen LogP contribution >= 0.6 is 0 Å². The van der Waals surface area contributed by atoms with Crippen LogP contribution in [-0.4, -0.2) is 18.0 Å². The molecule has 2 aromatic carbocycles. The normalized spacial score (nSPS) is 19.8. The standard InChI is InChI=1S/C18H20O.C9H18N2O.3CH4/c1-11(2)17-14-7-5-6-8-16(14)19-18-13(4)12(3)9-10-15(17)18;1-6(2)11-8-5-3-4-7(8)9(10)12;;;/h5-11,17H,1-4H3;6-8,11H,3-5H2,1-2H3,(H2,10,12);3*1H4/t;7-,8+;;;/m.1.../s1. The van der Waals surface area contributed by atoms with E-state index >= 15 is 0 Å². The molecule has 4 rings (SSSR count). The molecular weight excluding hydrogens is 420 g/mol. The van der Waals surface area contributed by atoms with E-state index in [1.165, 1.54) is 22.3 Å². The molecule has 3 atom stereocenters. The predicted octanol–water partition coefficient (Wildman–Crippen LogP) is 7.74. The van der Waals surface area contributed by atoms with Gasteiger partial charge in [0.15, 0.2) is 0 Å². The lowest BCUT2D eigenvalue weighted by Crippen LogP contribution is -2.42. The van der Waals surface area contributed by atoms with E-state index in [1.54, 1.807) is 0 Å². The van der Waals surface area contributed by atoms with Gasteiger partial charge in [-0.3, -0.25) is 4.79 Å². The number of nitrogens with two attached hydrogens (primary N) is 1. The van der Waals surface area contributed by atoms with E-state index in [1.807, 2.05) is 6.07 Å². The molecule has 192 valence electrons. The van der Waals surface area contributed by atoms with Gasteiger partial charge in [0.2, 0.25) is 5.91 Å². The van der Waals surface area contributed by atoms with Crippen LogP contribution in [0.25, 0.3) is 0 Å². The summed E-state index contributed by atoms with van der Waals surface area (Å²) in [7, 11) is 0. The van der Waals surface area contributed by atoms with Gasteiger partial charge in [-0.15, -0.1) is 0 Å². The molecule has 0 bridgehead atoms. The Bertz CT molecular complexity index is 920. The third-order valence-corrected chi connectivity index (χ3v) is 6.60. The minimum atomic E-state index is -0.148. The Kier molecular flexibility index (Phi) is 12.6. The molecule has 0 spiro atoms. The van der Waals surface area contributed by atoms with Gasteiger partial charge in [0, 0.05) is 29.1 Å². The number of carbonyl (C=O) groups excluding carboxylic acids is 1. The van der Waals surface area contributed by atoms with Crippen molar-refractivity contribution in [1.82, 2.24) is 5.32 Å². The van der Waals surface area contributed by atoms with Gasteiger partial charge in [-0.25, -0.2) is 0 Å². The summed E-state index contributed by atoms with van der Waals surface area (Å²) >= 11 is 0. The molecule has 1 fully saturated rings. The molecule has 1 aliphatic heterocycles. The summed E-state index contributed by atoms with van der Waals surface area (Å²) in [4.78, 5) is 11.0. The lowest BCUT2D eigenvalue weighted by Gasteiger charge is -2.32. The zero-order valence-corrected chi connectivity index (χ0v) is 19.9. The van der Waals surface area contributed by atoms with Crippen LogP contribution in [0.2, 0.25) is 0 Å². The Morgan fingerprint density at radius 3 is 2.21 bits per heavy atom. The molecule has 0 radical (unpaired) electrons. The smallest absolute Gasteiger partial charge is 0.222 e. The maximum atomic E-state index is 11.0. The Labute approximate surface area is 209 Å². The molecule has 0 aromatic heterocycles. The molecule has 1 heterocycles. The third kappa shape index (κ3) is 6.85. The van der Waals surface area contributed by atoms with Crippen molar-refractivity contribution >= 4 is 5.91 Å². The summed E-state index contributed by atoms with van der Waals surface area (Å²) < 4.78 is 6.17. The van der Waals surface area contributed by atoms with Crippen molar-refractivity contribution in [2.24, 2.45) is 17.6 Å². The number of rotatable bonds is 4. The monoisotopic (exact) mass is 470 g/mol. The zero-order valence-electron chi connectivity index (χ0n) is 19.9. The largest absolute Gasteiger partial charge is 0.456 e. The van der Waals surface area contributed by atoms with Crippen LogP contribution in [0.4, 0.5) is 0 Å². The Hall–Kier alpha value is -2.33.